The van der Waals surface area contributed by atoms with Gasteiger partial charge in [-0.1, -0.05) is 18.2 Å². The summed E-state index contributed by atoms with van der Waals surface area (Å²) < 4.78 is 5.44. The van der Waals surface area contributed by atoms with E-state index in [0.717, 1.165) is 0 Å². The van der Waals surface area contributed by atoms with Crippen molar-refractivity contribution in [2.24, 2.45) is 5.92 Å². The molecule has 0 saturated carbocycles. The molecule has 1 aromatic carbocycles. The zero-order valence-corrected chi connectivity index (χ0v) is 13.6. The maximum Gasteiger partial charge on any atom is 0.325 e. The maximum absolute atomic E-state index is 12.2. The molecule has 7 nitrogen and oxygen atoms in total. The molecule has 1 unspecified atom stereocenters. The molecule has 2 amide bonds. The first-order valence-electron chi connectivity index (χ1n) is 7.96. The second-order valence-corrected chi connectivity index (χ2v) is 5.85. The number of para-hydroxylation sites is 1. The van der Waals surface area contributed by atoms with Gasteiger partial charge in [-0.2, -0.15) is 0 Å². The van der Waals surface area contributed by atoms with Crippen LogP contribution in [0.3, 0.4) is 0 Å². The highest BCUT2D eigenvalue weighted by atomic mass is 16.5. The molecule has 2 atom stereocenters. The van der Waals surface area contributed by atoms with Crippen molar-refractivity contribution in [3.05, 3.63) is 30.3 Å². The van der Waals surface area contributed by atoms with Gasteiger partial charge in [-0.3, -0.25) is 14.4 Å². The lowest BCUT2D eigenvalue weighted by Gasteiger charge is -2.32. The number of likely N-dealkylation sites (tertiary alicyclic amines) is 1. The summed E-state index contributed by atoms with van der Waals surface area (Å²) in [5.74, 6) is -1.36. The second kappa shape index (κ2) is 8.33. The molecule has 0 spiro atoms. The fourth-order valence-electron chi connectivity index (χ4n) is 2.56. The molecule has 2 rings (SSSR count). The number of aliphatic carboxylic acids is 1. The summed E-state index contributed by atoms with van der Waals surface area (Å²) in [4.78, 5) is 36.8. The Hall–Kier alpha value is -2.57. The average Bonchev–Trinajstić information content (AvgIpc) is 2.60. The topological polar surface area (TPSA) is 95.9 Å². The van der Waals surface area contributed by atoms with Crippen LogP contribution in [0.1, 0.15) is 19.8 Å². The van der Waals surface area contributed by atoms with Crippen LogP contribution < -0.4 is 10.1 Å². The molecule has 7 heteroatoms. The maximum atomic E-state index is 12.2. The molecule has 0 aromatic heterocycles. The third-order valence-electron chi connectivity index (χ3n) is 3.98. The number of carbonyl (C=O) groups is 3. The van der Waals surface area contributed by atoms with Gasteiger partial charge in [0, 0.05) is 13.1 Å². The first kappa shape index (κ1) is 17.8. The van der Waals surface area contributed by atoms with Crippen LogP contribution in [0.4, 0.5) is 0 Å². The van der Waals surface area contributed by atoms with Gasteiger partial charge in [-0.05, 0) is 31.9 Å². The van der Waals surface area contributed by atoms with Gasteiger partial charge in [0.15, 0.2) is 6.61 Å². The van der Waals surface area contributed by atoms with Crippen molar-refractivity contribution in [1.29, 1.82) is 0 Å². The van der Waals surface area contributed by atoms with E-state index in [1.807, 2.05) is 18.2 Å². The summed E-state index contributed by atoms with van der Waals surface area (Å²) in [6, 6.07) is 8.11. The Morgan fingerprint density at radius 2 is 2.04 bits per heavy atom. The van der Waals surface area contributed by atoms with Crippen LogP contribution in [0.5, 0.6) is 5.75 Å². The number of nitrogens with one attached hydrogen (secondary N) is 1. The number of benzene rings is 1. The zero-order valence-electron chi connectivity index (χ0n) is 13.6. The summed E-state index contributed by atoms with van der Waals surface area (Å²) in [6.45, 7) is 2.20. The number of carboxylic acid groups (broad SMARTS) is 1. The van der Waals surface area contributed by atoms with Crippen LogP contribution in [0.15, 0.2) is 30.3 Å². The number of carbonyl (C=O) groups excluding carboxylic acids is 2. The van der Waals surface area contributed by atoms with E-state index in [1.165, 1.54) is 6.92 Å². The number of amides is 2. The Kier molecular flexibility index (Phi) is 6.17. The highest BCUT2D eigenvalue weighted by molar-refractivity contribution is 5.85. The Bertz CT molecular complexity index is 590. The monoisotopic (exact) mass is 334 g/mol. The van der Waals surface area contributed by atoms with Crippen molar-refractivity contribution < 1.29 is 24.2 Å². The Balaban J connectivity index is 1.84. The fourth-order valence-corrected chi connectivity index (χ4v) is 2.56. The quantitative estimate of drug-likeness (QED) is 0.805. The molecule has 1 aliphatic rings. The van der Waals surface area contributed by atoms with Crippen molar-refractivity contribution >= 4 is 17.8 Å². The van der Waals surface area contributed by atoms with Gasteiger partial charge < -0.3 is 20.1 Å². The van der Waals surface area contributed by atoms with Gasteiger partial charge >= 0.3 is 5.97 Å². The van der Waals surface area contributed by atoms with Crippen molar-refractivity contribution in [1.82, 2.24) is 10.2 Å². The first-order valence-corrected chi connectivity index (χ1v) is 7.96. The molecular weight excluding hydrogens is 312 g/mol. The van der Waals surface area contributed by atoms with E-state index in [9.17, 15) is 14.4 Å². The summed E-state index contributed by atoms with van der Waals surface area (Å²) in [6.07, 6.45) is 1.35. The molecule has 1 fully saturated rings. The van der Waals surface area contributed by atoms with Gasteiger partial charge in [-0.25, -0.2) is 0 Å². The van der Waals surface area contributed by atoms with Crippen LogP contribution >= 0.6 is 0 Å². The molecule has 0 bridgehead atoms. The number of ether oxygens (including phenoxy) is 1. The Labute approximate surface area is 140 Å². The van der Waals surface area contributed by atoms with Crippen LogP contribution in [-0.2, 0) is 14.4 Å². The normalized spacial score (nSPS) is 18.5. The van der Waals surface area contributed by atoms with Crippen molar-refractivity contribution in [3.8, 4) is 5.75 Å². The minimum atomic E-state index is -1.08. The molecule has 130 valence electrons. The van der Waals surface area contributed by atoms with E-state index in [1.54, 1.807) is 17.0 Å². The number of piperidine rings is 1. The van der Waals surface area contributed by atoms with E-state index in [-0.39, 0.29) is 30.9 Å². The molecule has 1 heterocycles. The van der Waals surface area contributed by atoms with Crippen LogP contribution in [0, 0.1) is 5.92 Å². The molecule has 1 aromatic rings. The highest BCUT2D eigenvalue weighted by Gasteiger charge is 2.29. The minimum Gasteiger partial charge on any atom is -0.484 e. The summed E-state index contributed by atoms with van der Waals surface area (Å²) in [5.41, 5.74) is 0. The number of hydrogen-bond acceptors (Lipinski definition) is 4. The van der Waals surface area contributed by atoms with Crippen molar-refractivity contribution in [2.75, 3.05) is 19.7 Å². The van der Waals surface area contributed by atoms with Gasteiger partial charge in [0.1, 0.15) is 11.8 Å². The lowest BCUT2D eigenvalue weighted by molar-refractivity contribution is -0.143. The lowest BCUT2D eigenvalue weighted by atomic mass is 9.96. The van der Waals surface area contributed by atoms with Gasteiger partial charge in [-0.15, -0.1) is 0 Å². The molecule has 1 saturated heterocycles. The third kappa shape index (κ3) is 4.97. The lowest BCUT2D eigenvalue weighted by Crippen LogP contribution is -2.49. The number of hydrogen-bond donors (Lipinski definition) is 2. The van der Waals surface area contributed by atoms with Gasteiger partial charge in [0.2, 0.25) is 5.91 Å². The summed E-state index contributed by atoms with van der Waals surface area (Å²) in [5, 5.41) is 11.3. The van der Waals surface area contributed by atoms with E-state index in [0.29, 0.717) is 25.1 Å². The Morgan fingerprint density at radius 1 is 1.33 bits per heavy atom. The third-order valence-corrected chi connectivity index (χ3v) is 3.98. The van der Waals surface area contributed by atoms with Crippen LogP contribution in [-0.4, -0.2) is 53.5 Å². The van der Waals surface area contributed by atoms with E-state index < -0.39 is 12.0 Å². The number of carboxylic acids is 1. The average molecular weight is 334 g/mol. The number of nitrogens with zero attached hydrogens (tertiary/aromatic N) is 1. The first-order chi connectivity index (χ1) is 11.5. The smallest absolute Gasteiger partial charge is 0.325 e. The Morgan fingerprint density at radius 3 is 2.71 bits per heavy atom. The fraction of sp³-hybridized carbons (Fsp3) is 0.471. The van der Waals surface area contributed by atoms with E-state index in [2.05, 4.69) is 5.32 Å². The SMILES string of the molecule is C[C@@H](NC(=O)C1CCCN(C(=O)COc2ccccc2)C1)C(=O)O. The predicted octanol–water partition coefficient (Wildman–Crippen LogP) is 0.893. The summed E-state index contributed by atoms with van der Waals surface area (Å²) in [7, 11) is 0. The van der Waals surface area contributed by atoms with Gasteiger partial charge in [0.25, 0.3) is 5.91 Å². The molecule has 2 N–H and O–H groups in total. The molecular formula is C17H22N2O5. The summed E-state index contributed by atoms with van der Waals surface area (Å²) >= 11 is 0. The second-order valence-electron chi connectivity index (χ2n) is 5.85. The molecule has 24 heavy (non-hydrogen) atoms. The largest absolute Gasteiger partial charge is 0.484 e. The van der Waals surface area contributed by atoms with Gasteiger partial charge in [0.05, 0.1) is 5.92 Å². The van der Waals surface area contributed by atoms with E-state index >= 15 is 0 Å². The van der Waals surface area contributed by atoms with Crippen molar-refractivity contribution in [2.45, 2.75) is 25.8 Å². The van der Waals surface area contributed by atoms with Crippen molar-refractivity contribution in [3.63, 3.8) is 0 Å². The molecule has 1 aliphatic heterocycles. The highest BCUT2D eigenvalue weighted by Crippen LogP contribution is 2.17. The molecule has 0 aliphatic carbocycles. The number of rotatable bonds is 6. The van der Waals surface area contributed by atoms with E-state index in [4.69, 9.17) is 9.84 Å². The minimum absolute atomic E-state index is 0.0795. The standard InChI is InChI=1S/C17H22N2O5/c1-12(17(22)23)18-16(21)13-6-5-9-19(10-13)15(20)11-24-14-7-3-2-4-8-14/h2-4,7-8,12-13H,5-6,9-11H2,1H3,(H,18,21)(H,22,23)/t12-,13?/m1/s1. The molecule has 0 radical (unpaired) electrons. The van der Waals surface area contributed by atoms with Crippen LogP contribution in [0.2, 0.25) is 0 Å². The van der Waals surface area contributed by atoms with Crippen LogP contribution in [0.25, 0.3) is 0 Å². The predicted molar refractivity (Wildman–Crippen MR) is 86.5 cm³/mol. The zero-order chi connectivity index (χ0) is 17.5.